The largest absolute Gasteiger partial charge is 0.284 e. The molecule has 0 spiro atoms. The summed E-state index contributed by atoms with van der Waals surface area (Å²) in [4.78, 5) is 16.1. The minimum Gasteiger partial charge on any atom is -0.284 e. The van der Waals surface area contributed by atoms with E-state index in [4.69, 9.17) is 0 Å². The molecule has 2 aromatic carbocycles. The summed E-state index contributed by atoms with van der Waals surface area (Å²) in [6.07, 6.45) is 1.09. The summed E-state index contributed by atoms with van der Waals surface area (Å²) >= 11 is 1.45. The van der Waals surface area contributed by atoms with Gasteiger partial charge in [-0.2, -0.15) is 0 Å². The zero-order chi connectivity index (χ0) is 18.9. The second kappa shape index (κ2) is 6.85. The number of hydrogen-bond donors (Lipinski definition) is 1. The molecular formula is C17H15N3O4S2. The van der Waals surface area contributed by atoms with Crippen LogP contribution >= 0.6 is 11.3 Å². The molecular weight excluding hydrogens is 374 g/mol. The lowest BCUT2D eigenvalue weighted by Crippen LogP contribution is -2.09. The predicted molar refractivity (Wildman–Crippen MR) is 103 cm³/mol. The molecule has 9 heteroatoms. The highest BCUT2D eigenvalue weighted by atomic mass is 32.2. The number of benzene rings is 2. The van der Waals surface area contributed by atoms with Gasteiger partial charge in [0, 0.05) is 33.8 Å². The molecule has 0 aliphatic carbocycles. The summed E-state index contributed by atoms with van der Waals surface area (Å²) in [6, 6.07) is 13.3. The lowest BCUT2D eigenvalue weighted by atomic mass is 10.1. The molecule has 0 unspecified atom stereocenters. The van der Waals surface area contributed by atoms with Crippen molar-refractivity contribution in [2.45, 2.75) is 6.92 Å². The van der Waals surface area contributed by atoms with E-state index >= 15 is 0 Å². The van der Waals surface area contributed by atoms with E-state index in [1.54, 1.807) is 36.4 Å². The van der Waals surface area contributed by atoms with Gasteiger partial charge in [0.2, 0.25) is 10.0 Å². The van der Waals surface area contributed by atoms with Crippen LogP contribution in [0.1, 0.15) is 4.88 Å². The molecule has 7 nitrogen and oxygen atoms in total. The van der Waals surface area contributed by atoms with E-state index in [1.165, 1.54) is 23.5 Å². The van der Waals surface area contributed by atoms with Gasteiger partial charge >= 0.3 is 0 Å². The second-order valence-electron chi connectivity index (χ2n) is 5.68. The number of rotatable bonds is 5. The van der Waals surface area contributed by atoms with Crippen molar-refractivity contribution in [3.63, 3.8) is 0 Å². The molecule has 0 bridgehead atoms. The summed E-state index contributed by atoms with van der Waals surface area (Å²) in [5.74, 6) is 0. The average Bonchev–Trinajstić information content (AvgIpc) is 2.96. The number of nitro benzene ring substituents is 1. The van der Waals surface area contributed by atoms with Crippen molar-refractivity contribution in [3.05, 3.63) is 63.5 Å². The third-order valence-corrected chi connectivity index (χ3v) is 5.19. The van der Waals surface area contributed by atoms with Crippen molar-refractivity contribution in [1.82, 2.24) is 4.98 Å². The fourth-order valence-electron chi connectivity index (χ4n) is 2.45. The van der Waals surface area contributed by atoms with Gasteiger partial charge < -0.3 is 0 Å². The van der Waals surface area contributed by atoms with Crippen LogP contribution in [0.25, 0.3) is 21.8 Å². The number of hydrogen-bond acceptors (Lipinski definition) is 6. The molecule has 0 aliphatic rings. The number of nitro groups is 1. The number of sulfonamides is 1. The zero-order valence-corrected chi connectivity index (χ0v) is 15.6. The Morgan fingerprint density at radius 3 is 2.42 bits per heavy atom. The van der Waals surface area contributed by atoms with Crippen molar-refractivity contribution in [2.75, 3.05) is 11.0 Å². The van der Waals surface area contributed by atoms with Gasteiger partial charge in [0.25, 0.3) is 5.69 Å². The molecule has 1 heterocycles. The first kappa shape index (κ1) is 18.0. The Morgan fingerprint density at radius 1 is 1.12 bits per heavy atom. The van der Waals surface area contributed by atoms with Crippen molar-refractivity contribution in [2.24, 2.45) is 0 Å². The number of anilines is 1. The molecule has 0 fully saturated rings. The second-order valence-corrected chi connectivity index (χ2v) is 8.63. The van der Waals surface area contributed by atoms with E-state index in [2.05, 4.69) is 9.71 Å². The Balaban J connectivity index is 1.93. The Morgan fingerprint density at radius 2 is 1.81 bits per heavy atom. The molecule has 26 heavy (non-hydrogen) atoms. The van der Waals surface area contributed by atoms with Gasteiger partial charge in [0.05, 0.1) is 16.9 Å². The van der Waals surface area contributed by atoms with E-state index in [-0.39, 0.29) is 5.69 Å². The third kappa shape index (κ3) is 4.06. The van der Waals surface area contributed by atoms with Crippen LogP contribution in [0, 0.1) is 17.0 Å². The Labute approximate surface area is 154 Å². The standard InChI is InChI=1S/C17H15N3O4S2/c1-11-16(12-6-8-14(9-7-12)19-26(2,23)24)18-17(25-11)13-4-3-5-15(10-13)20(21)22/h3-10,19H,1-2H3. The smallest absolute Gasteiger partial charge is 0.270 e. The van der Waals surface area contributed by atoms with Gasteiger partial charge in [-0.05, 0) is 19.1 Å². The molecule has 0 saturated carbocycles. The van der Waals surface area contributed by atoms with Crippen molar-refractivity contribution in [3.8, 4) is 21.8 Å². The van der Waals surface area contributed by atoms with Crippen LogP contribution in [-0.2, 0) is 10.0 Å². The maximum atomic E-state index is 11.3. The van der Waals surface area contributed by atoms with Crippen LogP contribution in [-0.4, -0.2) is 24.6 Å². The Kier molecular flexibility index (Phi) is 4.75. The Hall–Kier alpha value is -2.78. The van der Waals surface area contributed by atoms with Gasteiger partial charge in [0.1, 0.15) is 5.01 Å². The van der Waals surface area contributed by atoms with Gasteiger partial charge in [-0.1, -0.05) is 24.3 Å². The zero-order valence-electron chi connectivity index (χ0n) is 14.0. The first-order chi connectivity index (χ1) is 12.2. The number of nitrogens with one attached hydrogen (secondary N) is 1. The maximum absolute atomic E-state index is 11.3. The predicted octanol–water partition coefficient (Wildman–Crippen LogP) is 4.07. The number of thiazole rings is 1. The molecule has 0 saturated heterocycles. The minimum absolute atomic E-state index is 0.0214. The number of nitrogens with zero attached hydrogens (tertiary/aromatic N) is 2. The molecule has 3 aromatic rings. The topological polar surface area (TPSA) is 102 Å². The summed E-state index contributed by atoms with van der Waals surface area (Å²) < 4.78 is 25.0. The summed E-state index contributed by atoms with van der Waals surface area (Å²) in [6.45, 7) is 1.93. The SMILES string of the molecule is Cc1sc(-c2cccc([N+](=O)[O-])c2)nc1-c1ccc(NS(C)(=O)=O)cc1. The van der Waals surface area contributed by atoms with Gasteiger partial charge in [-0.3, -0.25) is 14.8 Å². The molecule has 134 valence electrons. The summed E-state index contributed by atoms with van der Waals surface area (Å²) in [7, 11) is -3.32. The average molecular weight is 389 g/mol. The van der Waals surface area contributed by atoms with Crippen molar-refractivity contribution in [1.29, 1.82) is 0 Å². The molecule has 0 atom stereocenters. The van der Waals surface area contributed by atoms with Gasteiger partial charge in [0.15, 0.2) is 0 Å². The number of non-ortho nitro benzene ring substituents is 1. The summed E-state index contributed by atoms with van der Waals surface area (Å²) in [5, 5.41) is 11.6. The van der Waals surface area contributed by atoms with Gasteiger partial charge in [-0.25, -0.2) is 13.4 Å². The highest BCUT2D eigenvalue weighted by Gasteiger charge is 2.14. The van der Waals surface area contributed by atoms with Crippen molar-refractivity contribution >= 4 is 32.7 Å². The first-order valence-electron chi connectivity index (χ1n) is 7.53. The van der Waals surface area contributed by atoms with Crippen LogP contribution in [0.5, 0.6) is 0 Å². The van der Waals surface area contributed by atoms with E-state index in [0.717, 1.165) is 22.4 Å². The van der Waals surface area contributed by atoms with E-state index in [0.29, 0.717) is 16.3 Å². The normalized spacial score (nSPS) is 11.3. The van der Waals surface area contributed by atoms with Crippen LogP contribution in [0.2, 0.25) is 0 Å². The van der Waals surface area contributed by atoms with E-state index < -0.39 is 14.9 Å². The van der Waals surface area contributed by atoms with Crippen LogP contribution in [0.3, 0.4) is 0 Å². The van der Waals surface area contributed by atoms with Gasteiger partial charge in [-0.15, -0.1) is 11.3 Å². The molecule has 0 amide bonds. The quantitative estimate of drug-likeness (QED) is 0.523. The number of aryl methyl sites for hydroxylation is 1. The van der Waals surface area contributed by atoms with E-state index in [9.17, 15) is 18.5 Å². The monoisotopic (exact) mass is 389 g/mol. The van der Waals surface area contributed by atoms with Crippen molar-refractivity contribution < 1.29 is 13.3 Å². The highest BCUT2D eigenvalue weighted by Crippen LogP contribution is 2.34. The molecule has 0 aliphatic heterocycles. The lowest BCUT2D eigenvalue weighted by Gasteiger charge is -2.05. The molecule has 1 aromatic heterocycles. The minimum atomic E-state index is -3.32. The van der Waals surface area contributed by atoms with E-state index in [1.807, 2.05) is 6.92 Å². The third-order valence-electron chi connectivity index (χ3n) is 3.56. The molecule has 3 rings (SSSR count). The first-order valence-corrected chi connectivity index (χ1v) is 10.2. The van der Waals surface area contributed by atoms with Crippen LogP contribution in [0.15, 0.2) is 48.5 Å². The Bertz CT molecular complexity index is 1070. The molecule has 0 radical (unpaired) electrons. The fourth-order valence-corrected chi connectivity index (χ4v) is 3.95. The lowest BCUT2D eigenvalue weighted by molar-refractivity contribution is -0.384. The summed E-state index contributed by atoms with van der Waals surface area (Å²) in [5.41, 5.74) is 2.79. The fraction of sp³-hybridized carbons (Fsp3) is 0.118. The maximum Gasteiger partial charge on any atom is 0.270 e. The highest BCUT2D eigenvalue weighted by molar-refractivity contribution is 7.92. The molecule has 1 N–H and O–H groups in total. The van der Waals surface area contributed by atoms with Crippen LogP contribution < -0.4 is 4.72 Å². The van der Waals surface area contributed by atoms with Crippen LogP contribution in [0.4, 0.5) is 11.4 Å². The number of aromatic nitrogens is 1.